The molecule has 138 valence electrons. The summed E-state index contributed by atoms with van der Waals surface area (Å²) >= 11 is 0. The Morgan fingerprint density at radius 3 is 2.62 bits per heavy atom. The Balaban J connectivity index is 1.61. The number of oxime groups is 1. The molecule has 0 aliphatic carbocycles. The minimum Gasteiger partial charge on any atom is -0.392 e. The van der Waals surface area contributed by atoms with Crippen LogP contribution in [0.4, 0.5) is 4.39 Å². The van der Waals surface area contributed by atoms with Gasteiger partial charge in [0.15, 0.2) is 0 Å². The first-order valence-corrected chi connectivity index (χ1v) is 9.07. The van der Waals surface area contributed by atoms with Crippen molar-refractivity contribution in [3.05, 3.63) is 71.5 Å². The summed E-state index contributed by atoms with van der Waals surface area (Å²) in [5, 5.41) is 14.3. The van der Waals surface area contributed by atoms with E-state index in [-0.39, 0.29) is 11.9 Å². The Bertz CT molecular complexity index is 719. The second-order valence-electron chi connectivity index (χ2n) is 6.72. The number of hydrogen-bond acceptors (Lipinski definition) is 4. The lowest BCUT2D eigenvalue weighted by atomic mass is 10.0. The van der Waals surface area contributed by atoms with Crippen LogP contribution in [0.25, 0.3) is 0 Å². The highest BCUT2D eigenvalue weighted by molar-refractivity contribution is 6.01. The lowest BCUT2D eigenvalue weighted by Crippen LogP contribution is -2.37. The molecule has 0 amide bonds. The maximum absolute atomic E-state index is 13.1. The van der Waals surface area contributed by atoms with Crippen molar-refractivity contribution in [2.45, 2.75) is 38.5 Å². The monoisotopic (exact) mass is 356 g/mol. The van der Waals surface area contributed by atoms with E-state index in [2.05, 4.69) is 10.1 Å². The van der Waals surface area contributed by atoms with E-state index >= 15 is 0 Å². The summed E-state index contributed by atoms with van der Waals surface area (Å²) in [6.45, 7) is 3.81. The Morgan fingerprint density at radius 1 is 1.19 bits per heavy atom. The van der Waals surface area contributed by atoms with Gasteiger partial charge in [0, 0.05) is 26.1 Å². The van der Waals surface area contributed by atoms with E-state index in [4.69, 9.17) is 4.84 Å². The number of benzene rings is 2. The normalized spacial score (nSPS) is 17.8. The molecule has 4 nitrogen and oxygen atoms in total. The fourth-order valence-corrected chi connectivity index (χ4v) is 3.09. The highest BCUT2D eigenvalue weighted by Crippen LogP contribution is 2.19. The molecular weight excluding hydrogens is 331 g/mol. The number of aliphatic hydroxyl groups is 1. The van der Waals surface area contributed by atoms with E-state index in [1.807, 2.05) is 37.3 Å². The third-order valence-corrected chi connectivity index (χ3v) is 4.56. The molecule has 3 rings (SSSR count). The molecule has 5 heteroatoms. The minimum atomic E-state index is -0.397. The number of nitrogens with zero attached hydrogens (tertiary/aromatic N) is 2. The zero-order valence-electron chi connectivity index (χ0n) is 15.0. The molecular formula is C21H25FN2O2. The van der Waals surface area contributed by atoms with Gasteiger partial charge in [-0.1, -0.05) is 54.5 Å². The van der Waals surface area contributed by atoms with Crippen molar-refractivity contribution in [3.8, 4) is 0 Å². The van der Waals surface area contributed by atoms with Crippen LogP contribution >= 0.6 is 0 Å². The van der Waals surface area contributed by atoms with Gasteiger partial charge in [-0.3, -0.25) is 4.90 Å². The molecule has 0 saturated heterocycles. The first-order valence-electron chi connectivity index (χ1n) is 9.07. The highest BCUT2D eigenvalue weighted by Gasteiger charge is 2.25. The minimum absolute atomic E-state index is 0.0466. The van der Waals surface area contributed by atoms with Gasteiger partial charge in [-0.2, -0.15) is 0 Å². The molecule has 0 unspecified atom stereocenters. The summed E-state index contributed by atoms with van der Waals surface area (Å²) in [6, 6.07) is 16.5. The maximum Gasteiger partial charge on any atom is 0.145 e. The van der Waals surface area contributed by atoms with Crippen molar-refractivity contribution >= 4 is 5.71 Å². The van der Waals surface area contributed by atoms with E-state index in [1.165, 1.54) is 12.1 Å². The van der Waals surface area contributed by atoms with Gasteiger partial charge in [-0.05, 0) is 29.7 Å². The molecule has 2 aromatic carbocycles. The maximum atomic E-state index is 13.1. The van der Waals surface area contributed by atoms with E-state index in [0.717, 1.165) is 23.3 Å². The molecule has 2 aromatic rings. The topological polar surface area (TPSA) is 45.1 Å². The molecule has 1 aliphatic heterocycles. The van der Waals surface area contributed by atoms with Crippen LogP contribution in [0.15, 0.2) is 59.8 Å². The number of aliphatic hydroxyl groups excluding tert-OH is 1. The zero-order chi connectivity index (χ0) is 18.4. The van der Waals surface area contributed by atoms with Gasteiger partial charge < -0.3 is 9.94 Å². The van der Waals surface area contributed by atoms with Crippen molar-refractivity contribution in [3.63, 3.8) is 0 Å². The molecule has 2 atom stereocenters. The van der Waals surface area contributed by atoms with Gasteiger partial charge in [0.2, 0.25) is 0 Å². The van der Waals surface area contributed by atoms with Crippen LogP contribution in [-0.2, 0) is 11.4 Å². The van der Waals surface area contributed by atoms with Crippen molar-refractivity contribution in [2.75, 3.05) is 13.1 Å². The summed E-state index contributed by atoms with van der Waals surface area (Å²) in [4.78, 5) is 7.78. The second-order valence-corrected chi connectivity index (χ2v) is 6.72. The molecule has 0 radical (unpaired) electrons. The smallest absolute Gasteiger partial charge is 0.145 e. The molecule has 1 aliphatic rings. The van der Waals surface area contributed by atoms with Crippen molar-refractivity contribution < 1.29 is 14.3 Å². The largest absolute Gasteiger partial charge is 0.392 e. The van der Waals surface area contributed by atoms with E-state index in [0.29, 0.717) is 26.1 Å². The average molecular weight is 356 g/mol. The van der Waals surface area contributed by atoms with Gasteiger partial charge in [-0.15, -0.1) is 0 Å². The molecule has 0 spiro atoms. The third kappa shape index (κ3) is 5.13. The summed E-state index contributed by atoms with van der Waals surface area (Å²) in [6.07, 6.45) is 0.990. The van der Waals surface area contributed by atoms with Crippen molar-refractivity contribution in [2.24, 2.45) is 5.16 Å². The molecule has 1 heterocycles. The molecule has 0 aromatic heterocycles. The quantitative estimate of drug-likeness (QED) is 0.786. The van der Waals surface area contributed by atoms with E-state index < -0.39 is 6.10 Å². The summed E-state index contributed by atoms with van der Waals surface area (Å²) in [5.41, 5.74) is 3.04. The van der Waals surface area contributed by atoms with Gasteiger partial charge in [0.1, 0.15) is 11.9 Å². The second kappa shape index (κ2) is 8.92. The van der Waals surface area contributed by atoms with Gasteiger partial charge >= 0.3 is 0 Å². The average Bonchev–Trinajstić information content (AvgIpc) is 3.12. The van der Waals surface area contributed by atoms with Crippen LogP contribution in [0.3, 0.4) is 0 Å². The van der Waals surface area contributed by atoms with E-state index in [9.17, 15) is 9.50 Å². The van der Waals surface area contributed by atoms with Crippen molar-refractivity contribution in [1.82, 2.24) is 4.90 Å². The fraction of sp³-hybridized carbons (Fsp3) is 0.381. The third-order valence-electron chi connectivity index (χ3n) is 4.56. The predicted molar refractivity (Wildman–Crippen MR) is 100 cm³/mol. The van der Waals surface area contributed by atoms with Crippen LogP contribution in [0.5, 0.6) is 0 Å². The van der Waals surface area contributed by atoms with E-state index in [1.54, 1.807) is 12.1 Å². The van der Waals surface area contributed by atoms with Crippen LogP contribution in [0, 0.1) is 5.82 Å². The summed E-state index contributed by atoms with van der Waals surface area (Å²) in [7, 11) is 0. The van der Waals surface area contributed by atoms with Gasteiger partial charge in [0.25, 0.3) is 0 Å². The SMILES string of the molecule is CC[C@H](O)CN(Cc1ccc(F)cc1)C[C@H]1CC(c2ccccc2)=NO1. The molecule has 0 bridgehead atoms. The lowest BCUT2D eigenvalue weighted by Gasteiger charge is -2.26. The fourth-order valence-electron chi connectivity index (χ4n) is 3.09. The van der Waals surface area contributed by atoms with Crippen molar-refractivity contribution in [1.29, 1.82) is 0 Å². The lowest BCUT2D eigenvalue weighted by molar-refractivity contribution is 0.0315. The first-order chi connectivity index (χ1) is 12.6. The number of hydrogen-bond donors (Lipinski definition) is 1. The van der Waals surface area contributed by atoms with Crippen LogP contribution in [0.2, 0.25) is 0 Å². The molecule has 26 heavy (non-hydrogen) atoms. The Kier molecular flexibility index (Phi) is 6.36. The Labute approximate surface area is 153 Å². The summed E-state index contributed by atoms with van der Waals surface area (Å²) < 4.78 is 13.1. The summed E-state index contributed by atoms with van der Waals surface area (Å²) in [5.74, 6) is -0.242. The molecule has 0 fully saturated rings. The van der Waals surface area contributed by atoms with Crippen LogP contribution in [-0.4, -0.2) is 41.0 Å². The van der Waals surface area contributed by atoms with Crippen LogP contribution in [0.1, 0.15) is 30.9 Å². The zero-order valence-corrected chi connectivity index (χ0v) is 15.0. The van der Waals surface area contributed by atoms with Gasteiger partial charge in [-0.25, -0.2) is 4.39 Å². The Morgan fingerprint density at radius 2 is 1.92 bits per heavy atom. The Hall–Kier alpha value is -2.24. The highest BCUT2D eigenvalue weighted by atomic mass is 19.1. The molecule has 1 N–H and O–H groups in total. The first kappa shape index (κ1) is 18.5. The predicted octanol–water partition coefficient (Wildman–Crippen LogP) is 3.59. The van der Waals surface area contributed by atoms with Gasteiger partial charge in [0.05, 0.1) is 11.8 Å². The molecule has 0 saturated carbocycles. The number of rotatable bonds is 8. The standard InChI is InChI=1S/C21H25FN2O2/c1-2-19(25)14-24(13-16-8-10-18(22)11-9-16)15-20-12-21(23-26-20)17-6-4-3-5-7-17/h3-11,19-20,25H,2,12-15H2,1H3/t19-,20+/m0/s1. The van der Waals surface area contributed by atoms with Crippen LogP contribution < -0.4 is 0 Å². The number of halogens is 1.